The Labute approximate surface area is 164 Å². The zero-order valence-electron chi connectivity index (χ0n) is 14.2. The maximum atomic E-state index is 12.6. The van der Waals surface area contributed by atoms with Gasteiger partial charge in [0.2, 0.25) is 5.78 Å². The summed E-state index contributed by atoms with van der Waals surface area (Å²) in [5.41, 5.74) is 1.43. The largest absolute Gasteiger partial charge is 0.452 e. The minimum atomic E-state index is -0.571. The number of rotatable bonds is 3. The number of carbonyl (C=O) groups is 2. The maximum absolute atomic E-state index is 12.6. The van der Waals surface area contributed by atoms with Gasteiger partial charge in [-0.1, -0.05) is 29.8 Å². The van der Waals surface area contributed by atoms with Gasteiger partial charge >= 0.3 is 5.97 Å². The summed E-state index contributed by atoms with van der Waals surface area (Å²) in [4.78, 5) is 25.9. The summed E-state index contributed by atoms with van der Waals surface area (Å²) in [5, 5.41) is 2.24. The second-order valence-electron chi connectivity index (χ2n) is 5.94. The molecule has 1 aliphatic heterocycles. The van der Waals surface area contributed by atoms with Crippen molar-refractivity contribution in [1.82, 2.24) is 0 Å². The average Bonchev–Trinajstić information content (AvgIpc) is 3.24. The van der Waals surface area contributed by atoms with Crippen LogP contribution in [0.5, 0.6) is 11.5 Å². The maximum Gasteiger partial charge on any atom is 0.345 e. The van der Waals surface area contributed by atoms with Gasteiger partial charge < -0.3 is 9.47 Å². The number of halogens is 1. The first kappa shape index (κ1) is 17.5. The minimum Gasteiger partial charge on any atom is -0.452 e. The number of fused-ring (bicyclic) bond motifs is 1. The summed E-state index contributed by atoms with van der Waals surface area (Å²) >= 11 is 7.55. The van der Waals surface area contributed by atoms with E-state index in [1.807, 2.05) is 17.5 Å². The molecular formula is C21H13ClO4S. The van der Waals surface area contributed by atoms with E-state index in [2.05, 4.69) is 0 Å². The molecule has 6 heteroatoms. The topological polar surface area (TPSA) is 52.6 Å². The first-order chi connectivity index (χ1) is 13.0. The molecule has 1 aromatic heterocycles. The van der Waals surface area contributed by atoms with E-state index in [1.165, 1.54) is 11.3 Å². The smallest absolute Gasteiger partial charge is 0.345 e. The molecule has 4 nitrogen and oxygen atoms in total. The third-order valence-corrected chi connectivity index (χ3v) is 5.21. The van der Waals surface area contributed by atoms with Crippen LogP contribution in [0.3, 0.4) is 0 Å². The van der Waals surface area contributed by atoms with Gasteiger partial charge in [0.05, 0.1) is 16.1 Å². The molecule has 0 amide bonds. The minimum absolute atomic E-state index is 0.181. The number of benzene rings is 2. The number of allylic oxidation sites excluding steroid dienone is 1. The summed E-state index contributed by atoms with van der Waals surface area (Å²) in [6, 6.07) is 13.6. The molecule has 0 saturated carbocycles. The Morgan fingerprint density at radius 3 is 2.74 bits per heavy atom. The van der Waals surface area contributed by atoms with E-state index in [0.29, 0.717) is 27.6 Å². The molecule has 3 aromatic rings. The molecule has 0 bridgehead atoms. The van der Waals surface area contributed by atoms with Crippen molar-refractivity contribution in [1.29, 1.82) is 0 Å². The predicted octanol–water partition coefficient (Wildman–Crippen LogP) is 5.55. The molecule has 0 saturated heterocycles. The summed E-state index contributed by atoms with van der Waals surface area (Å²) < 4.78 is 11.2. The first-order valence-electron chi connectivity index (χ1n) is 8.12. The number of hydrogen-bond donors (Lipinski definition) is 0. The van der Waals surface area contributed by atoms with Gasteiger partial charge in [0, 0.05) is 17.0 Å². The van der Waals surface area contributed by atoms with Crippen molar-refractivity contribution in [3.05, 3.63) is 86.3 Å². The number of aryl methyl sites for hydroxylation is 1. The van der Waals surface area contributed by atoms with Crippen LogP contribution in [-0.2, 0) is 0 Å². The fourth-order valence-corrected chi connectivity index (χ4v) is 3.69. The SMILES string of the molecule is Cc1cc(OC(=O)c2ccccc2Cl)cc2c1C(=O)/C(=C/c1cccs1)O2. The second-order valence-corrected chi connectivity index (χ2v) is 7.32. The normalized spacial score (nSPS) is 14.1. The molecule has 0 fully saturated rings. The van der Waals surface area contributed by atoms with E-state index < -0.39 is 5.97 Å². The number of esters is 1. The molecule has 0 N–H and O–H groups in total. The van der Waals surface area contributed by atoms with Gasteiger partial charge in [-0.25, -0.2) is 4.79 Å². The Kier molecular flexibility index (Phi) is 4.56. The number of carbonyl (C=O) groups excluding carboxylic acids is 2. The number of thiophene rings is 1. The van der Waals surface area contributed by atoms with Crippen LogP contribution in [-0.4, -0.2) is 11.8 Å². The van der Waals surface area contributed by atoms with E-state index in [1.54, 1.807) is 49.4 Å². The van der Waals surface area contributed by atoms with Crippen molar-refractivity contribution in [3.8, 4) is 11.5 Å². The summed E-state index contributed by atoms with van der Waals surface area (Å²) in [6.45, 7) is 1.78. The number of Topliss-reactive ketones (excluding diaryl/α,β-unsaturated/α-hetero) is 1. The molecule has 4 rings (SSSR count). The van der Waals surface area contributed by atoms with Crippen LogP contribution in [0, 0.1) is 6.92 Å². The lowest BCUT2D eigenvalue weighted by atomic mass is 10.0. The number of ether oxygens (including phenoxy) is 2. The van der Waals surface area contributed by atoms with Crippen molar-refractivity contribution >= 4 is 40.8 Å². The molecule has 0 radical (unpaired) electrons. The molecular weight excluding hydrogens is 384 g/mol. The van der Waals surface area contributed by atoms with Crippen LogP contribution in [0.2, 0.25) is 5.02 Å². The van der Waals surface area contributed by atoms with Crippen molar-refractivity contribution in [2.75, 3.05) is 0 Å². The van der Waals surface area contributed by atoms with Gasteiger partial charge in [-0.15, -0.1) is 11.3 Å². The fourth-order valence-electron chi connectivity index (χ4n) is 2.83. The predicted molar refractivity (Wildman–Crippen MR) is 105 cm³/mol. The number of hydrogen-bond acceptors (Lipinski definition) is 5. The molecule has 0 spiro atoms. The Bertz CT molecular complexity index is 1080. The lowest BCUT2D eigenvalue weighted by molar-refractivity contribution is 0.0734. The third kappa shape index (κ3) is 3.39. The van der Waals surface area contributed by atoms with Crippen LogP contribution in [0.25, 0.3) is 6.08 Å². The lowest BCUT2D eigenvalue weighted by Gasteiger charge is -2.08. The zero-order chi connectivity index (χ0) is 19.0. The Balaban J connectivity index is 1.63. The van der Waals surface area contributed by atoms with E-state index >= 15 is 0 Å². The highest BCUT2D eigenvalue weighted by atomic mass is 35.5. The summed E-state index contributed by atoms with van der Waals surface area (Å²) in [7, 11) is 0. The van der Waals surface area contributed by atoms with Gasteiger partial charge in [-0.2, -0.15) is 0 Å². The molecule has 2 heterocycles. The molecule has 2 aromatic carbocycles. The molecule has 1 aliphatic rings. The number of ketones is 1. The lowest BCUT2D eigenvalue weighted by Crippen LogP contribution is -2.09. The van der Waals surface area contributed by atoms with Gasteiger partial charge in [0.1, 0.15) is 11.5 Å². The van der Waals surface area contributed by atoms with Gasteiger partial charge in [-0.3, -0.25) is 4.79 Å². The van der Waals surface area contributed by atoms with Crippen LogP contribution in [0.4, 0.5) is 0 Å². The highest BCUT2D eigenvalue weighted by molar-refractivity contribution is 7.10. The first-order valence-corrected chi connectivity index (χ1v) is 9.38. The molecule has 134 valence electrons. The Morgan fingerprint density at radius 1 is 1.19 bits per heavy atom. The van der Waals surface area contributed by atoms with E-state index in [-0.39, 0.29) is 17.1 Å². The monoisotopic (exact) mass is 396 g/mol. The fraction of sp³-hybridized carbons (Fsp3) is 0.0476. The van der Waals surface area contributed by atoms with Crippen molar-refractivity contribution in [2.24, 2.45) is 0 Å². The Hall–Kier alpha value is -2.89. The highest BCUT2D eigenvalue weighted by Gasteiger charge is 2.30. The van der Waals surface area contributed by atoms with Crippen LogP contribution in [0.1, 0.15) is 31.2 Å². The van der Waals surface area contributed by atoms with Crippen molar-refractivity contribution < 1.29 is 19.1 Å². The standard InChI is InChI=1S/C21H13ClO4S/c1-12-9-13(25-21(24)15-6-2-3-7-16(15)22)10-17-19(12)20(23)18(26-17)11-14-5-4-8-27-14/h2-11H,1H3/b18-11-. The van der Waals surface area contributed by atoms with E-state index in [4.69, 9.17) is 21.1 Å². The molecule has 0 aliphatic carbocycles. The van der Waals surface area contributed by atoms with Crippen LogP contribution < -0.4 is 9.47 Å². The molecule has 0 atom stereocenters. The average molecular weight is 397 g/mol. The second kappa shape index (κ2) is 7.02. The van der Waals surface area contributed by atoms with Crippen LogP contribution >= 0.6 is 22.9 Å². The Morgan fingerprint density at radius 2 is 2.00 bits per heavy atom. The van der Waals surface area contributed by atoms with Crippen LogP contribution in [0.15, 0.2) is 59.7 Å². The quantitative estimate of drug-likeness (QED) is 0.331. The van der Waals surface area contributed by atoms with Gasteiger partial charge in [-0.05, 0) is 42.1 Å². The van der Waals surface area contributed by atoms with Crippen molar-refractivity contribution in [2.45, 2.75) is 6.92 Å². The molecule has 27 heavy (non-hydrogen) atoms. The van der Waals surface area contributed by atoms with E-state index in [9.17, 15) is 9.59 Å². The van der Waals surface area contributed by atoms with Gasteiger partial charge in [0.25, 0.3) is 0 Å². The van der Waals surface area contributed by atoms with E-state index in [0.717, 1.165) is 4.88 Å². The third-order valence-electron chi connectivity index (χ3n) is 4.06. The summed E-state index contributed by atoms with van der Waals surface area (Å²) in [6.07, 6.45) is 1.71. The highest BCUT2D eigenvalue weighted by Crippen LogP contribution is 2.38. The van der Waals surface area contributed by atoms with Gasteiger partial charge in [0.15, 0.2) is 5.76 Å². The zero-order valence-corrected chi connectivity index (χ0v) is 15.8. The van der Waals surface area contributed by atoms with Crippen molar-refractivity contribution in [3.63, 3.8) is 0 Å². The summed E-state index contributed by atoms with van der Waals surface area (Å²) in [5.74, 6) is 0.176. The molecule has 0 unspecified atom stereocenters.